The molecule has 102 valence electrons. The van der Waals surface area contributed by atoms with Crippen molar-refractivity contribution in [3.05, 3.63) is 11.8 Å². The molecule has 1 aromatic rings. The predicted octanol–water partition coefficient (Wildman–Crippen LogP) is 1.65. The van der Waals surface area contributed by atoms with Gasteiger partial charge in [-0.2, -0.15) is 5.10 Å². The summed E-state index contributed by atoms with van der Waals surface area (Å²) < 4.78 is 12.7. The summed E-state index contributed by atoms with van der Waals surface area (Å²) in [5.41, 5.74) is 1.04. The number of nitrogens with zero attached hydrogens (tertiary/aromatic N) is 2. The third-order valence-electron chi connectivity index (χ3n) is 3.57. The van der Waals surface area contributed by atoms with Gasteiger partial charge in [-0.15, -0.1) is 0 Å². The van der Waals surface area contributed by atoms with Crippen LogP contribution in [0.25, 0.3) is 0 Å². The van der Waals surface area contributed by atoms with E-state index >= 15 is 0 Å². The van der Waals surface area contributed by atoms with E-state index in [1.165, 1.54) is 12.8 Å². The third kappa shape index (κ3) is 3.03. The quantitative estimate of drug-likeness (QED) is 0.837. The zero-order chi connectivity index (χ0) is 13.0. The van der Waals surface area contributed by atoms with Gasteiger partial charge in [0.25, 0.3) is 0 Å². The summed E-state index contributed by atoms with van der Waals surface area (Å²) in [6, 6.07) is 2.26. The number of aromatic nitrogens is 2. The van der Waals surface area contributed by atoms with E-state index in [9.17, 15) is 0 Å². The number of ether oxygens (including phenoxy) is 2. The number of hydrogen-bond acceptors (Lipinski definition) is 4. The van der Waals surface area contributed by atoms with Crippen LogP contribution in [0, 0.1) is 0 Å². The highest BCUT2D eigenvalue weighted by atomic mass is 16.5. The van der Waals surface area contributed by atoms with Crippen molar-refractivity contribution in [1.82, 2.24) is 15.1 Å². The molecule has 2 heterocycles. The summed E-state index contributed by atoms with van der Waals surface area (Å²) in [4.78, 5) is 0. The molecular weight excluding hydrogens is 230 g/mol. The van der Waals surface area contributed by atoms with Crippen molar-refractivity contribution in [2.45, 2.75) is 37.8 Å². The second-order valence-corrected chi connectivity index (χ2v) is 4.79. The molecule has 1 aliphatic rings. The summed E-state index contributed by atoms with van der Waals surface area (Å²) in [6.07, 6.45) is 4.96. The van der Waals surface area contributed by atoms with Gasteiger partial charge < -0.3 is 14.8 Å². The molecule has 0 aliphatic carbocycles. The van der Waals surface area contributed by atoms with Crippen molar-refractivity contribution in [2.24, 2.45) is 7.05 Å². The number of nitrogens with one attached hydrogen (secondary N) is 1. The summed E-state index contributed by atoms with van der Waals surface area (Å²) in [5.74, 6) is 0.794. The minimum atomic E-state index is 0.268. The van der Waals surface area contributed by atoms with E-state index in [-0.39, 0.29) is 6.04 Å². The van der Waals surface area contributed by atoms with Gasteiger partial charge in [0.2, 0.25) is 5.88 Å². The Morgan fingerprint density at radius 3 is 3.06 bits per heavy atom. The Bertz CT molecular complexity index is 372. The van der Waals surface area contributed by atoms with Crippen LogP contribution < -0.4 is 10.1 Å². The molecule has 0 saturated carbocycles. The minimum absolute atomic E-state index is 0.268. The van der Waals surface area contributed by atoms with E-state index in [1.807, 2.05) is 20.2 Å². The monoisotopic (exact) mass is 253 g/mol. The van der Waals surface area contributed by atoms with Crippen LogP contribution in [-0.4, -0.2) is 36.6 Å². The zero-order valence-corrected chi connectivity index (χ0v) is 11.5. The Labute approximate surface area is 108 Å². The van der Waals surface area contributed by atoms with Gasteiger partial charge in [-0.25, -0.2) is 4.68 Å². The Balaban J connectivity index is 1.93. The van der Waals surface area contributed by atoms with Gasteiger partial charge >= 0.3 is 0 Å². The van der Waals surface area contributed by atoms with Crippen molar-refractivity contribution in [1.29, 1.82) is 0 Å². The highest BCUT2D eigenvalue weighted by Crippen LogP contribution is 2.25. The lowest BCUT2D eigenvalue weighted by atomic mass is 10.0. The number of hydrogen-bond donors (Lipinski definition) is 1. The molecule has 2 rings (SSSR count). The molecule has 18 heavy (non-hydrogen) atoms. The molecule has 2 atom stereocenters. The molecule has 1 aliphatic heterocycles. The first-order valence-corrected chi connectivity index (χ1v) is 6.61. The number of aryl methyl sites for hydroxylation is 1. The maximum atomic E-state index is 5.66. The lowest BCUT2D eigenvalue weighted by Gasteiger charge is -2.16. The molecule has 1 fully saturated rings. The van der Waals surface area contributed by atoms with Gasteiger partial charge in [0.1, 0.15) is 0 Å². The largest absolute Gasteiger partial charge is 0.481 e. The normalized spacial score (nSPS) is 21.2. The average Bonchev–Trinajstić information content (AvgIpc) is 2.99. The number of rotatable bonds is 6. The van der Waals surface area contributed by atoms with Gasteiger partial charge in [0.15, 0.2) is 0 Å². The predicted molar refractivity (Wildman–Crippen MR) is 69.8 cm³/mol. The molecule has 5 nitrogen and oxygen atoms in total. The maximum Gasteiger partial charge on any atom is 0.211 e. The Morgan fingerprint density at radius 2 is 2.50 bits per heavy atom. The molecule has 1 aromatic heterocycles. The lowest BCUT2D eigenvalue weighted by Crippen LogP contribution is -2.19. The van der Waals surface area contributed by atoms with Gasteiger partial charge in [0, 0.05) is 19.7 Å². The van der Waals surface area contributed by atoms with Crippen LogP contribution >= 0.6 is 0 Å². The Kier molecular flexibility index (Phi) is 4.60. The molecule has 5 heteroatoms. The zero-order valence-electron chi connectivity index (χ0n) is 11.5. The SMILES string of the molecule is CNC(CCC1CCCO1)c1cc(OC)n(C)n1. The lowest BCUT2D eigenvalue weighted by molar-refractivity contribution is 0.0997. The van der Waals surface area contributed by atoms with Crippen LogP contribution in [-0.2, 0) is 11.8 Å². The van der Waals surface area contributed by atoms with E-state index in [0.29, 0.717) is 6.10 Å². The summed E-state index contributed by atoms with van der Waals surface area (Å²) in [5, 5.41) is 7.81. The standard InChI is InChI=1S/C13H23N3O2/c1-14-11(7-6-10-5-4-8-18-10)12-9-13(17-3)16(2)15-12/h9-11,14H,4-8H2,1-3H3. The van der Waals surface area contributed by atoms with Crippen LogP contribution in [0.5, 0.6) is 5.88 Å². The summed E-state index contributed by atoms with van der Waals surface area (Å²) in [6.45, 7) is 0.923. The molecule has 0 bridgehead atoms. The van der Waals surface area contributed by atoms with Crippen molar-refractivity contribution in [2.75, 3.05) is 20.8 Å². The van der Waals surface area contributed by atoms with E-state index in [0.717, 1.165) is 31.0 Å². The van der Waals surface area contributed by atoms with Crippen molar-refractivity contribution in [3.8, 4) is 5.88 Å². The molecule has 0 aromatic carbocycles. The summed E-state index contributed by atoms with van der Waals surface area (Å²) in [7, 11) is 5.54. The minimum Gasteiger partial charge on any atom is -0.481 e. The third-order valence-corrected chi connectivity index (χ3v) is 3.57. The Morgan fingerprint density at radius 1 is 1.67 bits per heavy atom. The first-order valence-electron chi connectivity index (χ1n) is 6.61. The smallest absolute Gasteiger partial charge is 0.211 e. The second-order valence-electron chi connectivity index (χ2n) is 4.79. The second kappa shape index (κ2) is 6.20. The van der Waals surface area contributed by atoms with Crippen molar-refractivity contribution < 1.29 is 9.47 Å². The molecule has 1 saturated heterocycles. The fourth-order valence-electron chi connectivity index (χ4n) is 2.50. The molecule has 0 amide bonds. The molecule has 1 N–H and O–H groups in total. The van der Waals surface area contributed by atoms with Gasteiger partial charge in [-0.05, 0) is 32.7 Å². The molecular formula is C13H23N3O2. The highest BCUT2D eigenvalue weighted by Gasteiger charge is 2.20. The van der Waals surface area contributed by atoms with Gasteiger partial charge in [0.05, 0.1) is 24.9 Å². The van der Waals surface area contributed by atoms with E-state index < -0.39 is 0 Å². The molecule has 0 spiro atoms. The molecule has 2 unspecified atom stereocenters. The topological polar surface area (TPSA) is 48.3 Å². The first kappa shape index (κ1) is 13.4. The fourth-order valence-corrected chi connectivity index (χ4v) is 2.50. The van der Waals surface area contributed by atoms with Crippen LogP contribution in [0.1, 0.15) is 37.4 Å². The Hall–Kier alpha value is -1.07. The highest BCUT2D eigenvalue weighted by molar-refractivity contribution is 5.18. The van der Waals surface area contributed by atoms with E-state index in [4.69, 9.17) is 9.47 Å². The van der Waals surface area contributed by atoms with E-state index in [1.54, 1.807) is 11.8 Å². The van der Waals surface area contributed by atoms with Crippen LogP contribution in [0.2, 0.25) is 0 Å². The van der Waals surface area contributed by atoms with Crippen molar-refractivity contribution in [3.63, 3.8) is 0 Å². The maximum absolute atomic E-state index is 5.66. The summed E-state index contributed by atoms with van der Waals surface area (Å²) >= 11 is 0. The number of methoxy groups -OCH3 is 1. The first-order chi connectivity index (χ1) is 8.74. The fraction of sp³-hybridized carbons (Fsp3) is 0.769. The van der Waals surface area contributed by atoms with Crippen LogP contribution in [0.15, 0.2) is 6.07 Å². The molecule has 0 radical (unpaired) electrons. The van der Waals surface area contributed by atoms with Gasteiger partial charge in [-0.3, -0.25) is 0 Å². The average molecular weight is 253 g/mol. The van der Waals surface area contributed by atoms with Crippen molar-refractivity contribution >= 4 is 0 Å². The van der Waals surface area contributed by atoms with E-state index in [2.05, 4.69) is 10.4 Å². The van der Waals surface area contributed by atoms with Crippen LogP contribution in [0.4, 0.5) is 0 Å². The van der Waals surface area contributed by atoms with Gasteiger partial charge in [-0.1, -0.05) is 0 Å². The van der Waals surface area contributed by atoms with Crippen LogP contribution in [0.3, 0.4) is 0 Å².